The van der Waals surface area contributed by atoms with Gasteiger partial charge in [-0.2, -0.15) is 13.2 Å². The van der Waals surface area contributed by atoms with E-state index in [1.54, 1.807) is 24.3 Å². The molecule has 2 amide bonds. The largest absolute Gasteiger partial charge is 0.495 e. The molecule has 0 aliphatic rings. The average Bonchev–Trinajstić information content (AvgIpc) is 2.72. The van der Waals surface area contributed by atoms with Gasteiger partial charge in [0.1, 0.15) is 12.3 Å². The Labute approximate surface area is 183 Å². The zero-order chi connectivity index (χ0) is 23.0. The second kappa shape index (κ2) is 10.9. The molecule has 0 spiro atoms. The first-order chi connectivity index (χ1) is 14.7. The predicted molar refractivity (Wildman–Crippen MR) is 114 cm³/mol. The lowest BCUT2D eigenvalue weighted by molar-refractivity contribution is -0.137. The molecule has 2 aromatic rings. The highest BCUT2D eigenvalue weighted by Gasteiger charge is 2.33. The summed E-state index contributed by atoms with van der Waals surface area (Å²) in [5.41, 5.74) is -0.347. The quantitative estimate of drug-likeness (QED) is 0.554. The number of anilines is 1. The molecule has 0 heterocycles. The van der Waals surface area contributed by atoms with Crippen molar-refractivity contribution in [1.29, 1.82) is 0 Å². The van der Waals surface area contributed by atoms with E-state index < -0.39 is 28.6 Å². The first kappa shape index (κ1) is 24.3. The highest BCUT2D eigenvalue weighted by molar-refractivity contribution is 6.31. The van der Waals surface area contributed by atoms with Crippen molar-refractivity contribution in [2.24, 2.45) is 0 Å². The van der Waals surface area contributed by atoms with E-state index >= 15 is 0 Å². The van der Waals surface area contributed by atoms with Crippen molar-refractivity contribution < 1.29 is 27.5 Å². The number of alkyl halides is 3. The highest BCUT2D eigenvalue weighted by Crippen LogP contribution is 2.35. The Kier molecular flexibility index (Phi) is 8.50. The molecule has 0 aliphatic carbocycles. The van der Waals surface area contributed by atoms with Crippen molar-refractivity contribution in [3.8, 4) is 5.75 Å². The van der Waals surface area contributed by atoms with Crippen LogP contribution in [-0.4, -0.2) is 36.9 Å². The van der Waals surface area contributed by atoms with Gasteiger partial charge in [-0.05, 0) is 42.3 Å². The molecule has 0 aliphatic heterocycles. The van der Waals surface area contributed by atoms with Crippen LogP contribution in [0.3, 0.4) is 0 Å². The fraction of sp³-hybridized carbons (Fsp3) is 0.273. The molecule has 0 saturated carbocycles. The van der Waals surface area contributed by atoms with Crippen LogP contribution in [0.2, 0.25) is 5.02 Å². The molecular weight excluding hydrogens is 433 g/mol. The summed E-state index contributed by atoms with van der Waals surface area (Å²) in [5.74, 6) is -0.446. The van der Waals surface area contributed by atoms with Crippen molar-refractivity contribution >= 4 is 35.2 Å². The molecule has 2 rings (SSSR count). The summed E-state index contributed by atoms with van der Waals surface area (Å²) in [6.45, 7) is 1.93. The molecule has 0 atom stereocenters. The van der Waals surface area contributed by atoms with E-state index in [-0.39, 0.29) is 12.1 Å². The maximum Gasteiger partial charge on any atom is 0.417 e. The third-order valence-electron chi connectivity index (χ3n) is 4.23. The van der Waals surface area contributed by atoms with Gasteiger partial charge in [-0.1, -0.05) is 36.7 Å². The minimum atomic E-state index is -4.60. The van der Waals surface area contributed by atoms with E-state index in [0.29, 0.717) is 24.4 Å². The van der Waals surface area contributed by atoms with Crippen LogP contribution >= 0.6 is 11.6 Å². The zero-order valence-electron chi connectivity index (χ0n) is 17.0. The minimum Gasteiger partial charge on any atom is -0.495 e. The van der Waals surface area contributed by atoms with Gasteiger partial charge in [0, 0.05) is 12.6 Å². The summed E-state index contributed by atoms with van der Waals surface area (Å²) in [5, 5.41) is 2.27. The summed E-state index contributed by atoms with van der Waals surface area (Å²) in [6, 6.07) is 10.2. The van der Waals surface area contributed by atoms with Gasteiger partial charge >= 0.3 is 6.18 Å². The summed E-state index contributed by atoms with van der Waals surface area (Å²) >= 11 is 5.61. The highest BCUT2D eigenvalue weighted by atomic mass is 35.5. The lowest BCUT2D eigenvalue weighted by Crippen LogP contribution is -2.37. The number of carbonyl (C=O) groups is 2. The van der Waals surface area contributed by atoms with Gasteiger partial charge < -0.3 is 15.0 Å². The lowest BCUT2D eigenvalue weighted by atomic mass is 10.1. The number of nitrogens with one attached hydrogen (secondary N) is 1. The maximum atomic E-state index is 13.0. The predicted octanol–water partition coefficient (Wildman–Crippen LogP) is 5.26. The molecule has 5 nitrogen and oxygen atoms in total. The number of hydrogen-bond donors (Lipinski definition) is 1. The number of hydrogen-bond acceptors (Lipinski definition) is 3. The van der Waals surface area contributed by atoms with Crippen LogP contribution in [-0.2, 0) is 15.8 Å². The molecule has 0 radical (unpaired) electrons. The third-order valence-corrected chi connectivity index (χ3v) is 4.56. The van der Waals surface area contributed by atoms with Gasteiger partial charge in [-0.15, -0.1) is 0 Å². The minimum absolute atomic E-state index is 0.167. The SMILES string of the molecule is CCCN(CC(=O)Nc1ccccc1OC)C(=O)/C=C/c1ccc(Cl)c(C(F)(F)F)c1. The molecule has 0 aromatic heterocycles. The molecule has 1 N–H and O–H groups in total. The third kappa shape index (κ3) is 7.03. The maximum absolute atomic E-state index is 13.0. The van der Waals surface area contributed by atoms with Crippen LogP contribution in [0, 0.1) is 0 Å². The van der Waals surface area contributed by atoms with Crippen LogP contribution in [0.25, 0.3) is 6.08 Å². The summed E-state index contributed by atoms with van der Waals surface area (Å²) in [7, 11) is 1.48. The first-order valence-corrected chi connectivity index (χ1v) is 9.80. The summed E-state index contributed by atoms with van der Waals surface area (Å²) < 4.78 is 44.2. The van der Waals surface area contributed by atoms with Gasteiger partial charge in [0.15, 0.2) is 0 Å². The van der Waals surface area contributed by atoms with Crippen LogP contribution in [0.5, 0.6) is 5.75 Å². The van der Waals surface area contributed by atoms with Crippen LogP contribution in [0.15, 0.2) is 48.5 Å². The average molecular weight is 455 g/mol. The van der Waals surface area contributed by atoms with E-state index in [4.69, 9.17) is 16.3 Å². The van der Waals surface area contributed by atoms with E-state index in [1.165, 1.54) is 24.2 Å². The van der Waals surface area contributed by atoms with Gasteiger partial charge in [0.05, 0.1) is 23.4 Å². The molecule has 0 saturated heterocycles. The van der Waals surface area contributed by atoms with Crippen LogP contribution < -0.4 is 10.1 Å². The summed E-state index contributed by atoms with van der Waals surface area (Å²) in [6.07, 6.45) is -1.61. The Bertz CT molecular complexity index is 961. The number of benzene rings is 2. The van der Waals surface area contributed by atoms with E-state index in [1.807, 2.05) is 6.92 Å². The second-order valence-corrected chi connectivity index (χ2v) is 6.99. The van der Waals surface area contributed by atoms with Crippen molar-refractivity contribution in [2.45, 2.75) is 19.5 Å². The van der Waals surface area contributed by atoms with Crippen molar-refractivity contribution in [3.05, 3.63) is 64.7 Å². The normalized spacial score (nSPS) is 11.4. The first-order valence-electron chi connectivity index (χ1n) is 9.42. The zero-order valence-corrected chi connectivity index (χ0v) is 17.8. The summed E-state index contributed by atoms with van der Waals surface area (Å²) in [4.78, 5) is 26.3. The Morgan fingerprint density at radius 1 is 1.19 bits per heavy atom. The Balaban J connectivity index is 2.10. The fourth-order valence-electron chi connectivity index (χ4n) is 2.78. The molecule has 0 unspecified atom stereocenters. The molecule has 0 bridgehead atoms. The van der Waals surface area contributed by atoms with Gasteiger partial charge in [0.25, 0.3) is 0 Å². The number of carbonyl (C=O) groups excluding carboxylic acids is 2. The van der Waals surface area contributed by atoms with Gasteiger partial charge in [-0.3, -0.25) is 9.59 Å². The number of ether oxygens (including phenoxy) is 1. The molecule has 2 aromatic carbocycles. The molecular formula is C22H22ClF3N2O3. The Hall–Kier alpha value is -3.00. The fourth-order valence-corrected chi connectivity index (χ4v) is 3.01. The number of halogens is 4. The smallest absolute Gasteiger partial charge is 0.417 e. The Morgan fingerprint density at radius 2 is 1.90 bits per heavy atom. The number of amides is 2. The Morgan fingerprint density at radius 3 is 2.55 bits per heavy atom. The molecule has 0 fully saturated rings. The van der Waals surface area contributed by atoms with Crippen LogP contribution in [0.4, 0.5) is 18.9 Å². The second-order valence-electron chi connectivity index (χ2n) is 6.58. The van der Waals surface area contributed by atoms with Gasteiger partial charge in [-0.25, -0.2) is 0 Å². The standard InChI is InChI=1S/C22H22ClF3N2O3/c1-3-12-28(14-20(29)27-18-6-4-5-7-19(18)31-2)21(30)11-9-15-8-10-17(23)16(13-15)22(24,25)26/h4-11,13H,3,12,14H2,1-2H3,(H,27,29)/b11-9+. The van der Waals surface area contributed by atoms with Gasteiger partial charge in [0.2, 0.25) is 11.8 Å². The van der Waals surface area contributed by atoms with Crippen molar-refractivity contribution in [2.75, 3.05) is 25.5 Å². The van der Waals surface area contributed by atoms with Crippen LogP contribution in [0.1, 0.15) is 24.5 Å². The topological polar surface area (TPSA) is 58.6 Å². The van der Waals surface area contributed by atoms with E-state index in [2.05, 4.69) is 5.32 Å². The van der Waals surface area contributed by atoms with E-state index in [0.717, 1.165) is 18.2 Å². The van der Waals surface area contributed by atoms with Crippen molar-refractivity contribution in [3.63, 3.8) is 0 Å². The number of nitrogens with zero attached hydrogens (tertiary/aromatic N) is 1. The van der Waals surface area contributed by atoms with Crippen molar-refractivity contribution in [1.82, 2.24) is 4.90 Å². The number of para-hydroxylation sites is 2. The van der Waals surface area contributed by atoms with E-state index in [9.17, 15) is 22.8 Å². The molecule has 9 heteroatoms. The molecule has 166 valence electrons. The molecule has 31 heavy (non-hydrogen) atoms. The number of rotatable bonds is 8. The lowest BCUT2D eigenvalue weighted by Gasteiger charge is -2.20. The number of methoxy groups -OCH3 is 1. The monoisotopic (exact) mass is 454 g/mol.